The van der Waals surface area contributed by atoms with Gasteiger partial charge in [0.15, 0.2) is 0 Å². The van der Waals surface area contributed by atoms with E-state index in [1.54, 1.807) is 0 Å². The molecule has 0 atom stereocenters. The molecule has 14 heteroatoms. The van der Waals surface area contributed by atoms with Gasteiger partial charge in [-0.2, -0.15) is 13.2 Å². The predicted molar refractivity (Wildman–Crippen MR) is 122 cm³/mol. The zero-order chi connectivity index (χ0) is 25.7. The Hall–Kier alpha value is -4.88. The van der Waals surface area contributed by atoms with E-state index in [-0.39, 0.29) is 28.6 Å². The summed E-state index contributed by atoms with van der Waals surface area (Å²) in [4.78, 5) is 42.0. The molecule has 4 aromatic rings. The number of carbonyl (C=O) groups excluding carboxylic acids is 1. The van der Waals surface area contributed by atoms with Crippen molar-refractivity contribution in [3.05, 3.63) is 88.3 Å². The van der Waals surface area contributed by atoms with Gasteiger partial charge in [0.25, 0.3) is 5.69 Å². The molecule has 3 aromatic heterocycles. The van der Waals surface area contributed by atoms with Crippen molar-refractivity contribution in [2.45, 2.75) is 6.18 Å². The quantitative estimate of drug-likeness (QED) is 0.135. The van der Waals surface area contributed by atoms with Gasteiger partial charge in [0.1, 0.15) is 17.7 Å². The fraction of sp³-hybridized carbons (Fsp3) is 0.136. The summed E-state index contributed by atoms with van der Waals surface area (Å²) >= 11 is 0. The number of benzene rings is 1. The molecule has 3 N–H and O–H groups in total. The third-order valence-corrected chi connectivity index (χ3v) is 4.93. The number of carbonyl (C=O) groups is 1. The number of anilines is 2. The van der Waals surface area contributed by atoms with Crippen LogP contribution in [-0.4, -0.2) is 48.7 Å². The van der Waals surface area contributed by atoms with E-state index in [1.807, 2.05) is 0 Å². The van der Waals surface area contributed by atoms with Crippen LogP contribution in [0, 0.1) is 10.1 Å². The minimum absolute atomic E-state index is 0.0813. The maximum atomic E-state index is 13.0. The lowest BCUT2D eigenvalue weighted by Gasteiger charge is -2.12. The smallest absolute Gasteiger partial charge is 0.368 e. The number of imidazole rings is 1. The molecular formula is C22H17F3N8O3. The van der Waals surface area contributed by atoms with Crippen LogP contribution in [0.3, 0.4) is 0 Å². The molecule has 1 aromatic carbocycles. The van der Waals surface area contributed by atoms with Gasteiger partial charge in [-0.15, -0.1) is 0 Å². The largest absolute Gasteiger partial charge is 0.416 e. The number of alkyl halides is 3. The van der Waals surface area contributed by atoms with Gasteiger partial charge in [-0.25, -0.2) is 19.9 Å². The first kappa shape index (κ1) is 24.3. The molecule has 0 saturated heterocycles. The molecule has 0 spiro atoms. The molecule has 0 amide bonds. The lowest BCUT2D eigenvalue weighted by molar-refractivity contribution is -0.385. The number of halogens is 3. The van der Waals surface area contributed by atoms with Gasteiger partial charge in [0.05, 0.1) is 34.3 Å². The van der Waals surface area contributed by atoms with Gasteiger partial charge < -0.3 is 15.6 Å². The molecular weight excluding hydrogens is 481 g/mol. The first-order valence-electron chi connectivity index (χ1n) is 10.4. The zero-order valence-electron chi connectivity index (χ0n) is 18.3. The van der Waals surface area contributed by atoms with Gasteiger partial charge in [-0.1, -0.05) is 12.1 Å². The lowest BCUT2D eigenvalue weighted by Crippen LogP contribution is -2.17. The average molecular weight is 498 g/mol. The minimum Gasteiger partial charge on any atom is -0.368 e. The van der Waals surface area contributed by atoms with Gasteiger partial charge >= 0.3 is 6.18 Å². The van der Waals surface area contributed by atoms with E-state index in [1.165, 1.54) is 43.0 Å². The number of H-pyrrole nitrogens is 1. The maximum Gasteiger partial charge on any atom is 0.416 e. The molecule has 0 saturated carbocycles. The standard InChI is InChI=1S/C22H17F3N8O3/c23-22(24,25)14-3-1-13(2-4-14)19-16(20(34)17-11-26-12-31-17)10-30-21(32-19)28-8-7-27-18-6-5-15(9-29-18)33(35)36/h1-6,9-12H,7-8H2,(H,26,31)(H,27,29)(H,28,30,32). The van der Waals surface area contributed by atoms with Crippen LogP contribution in [0.4, 0.5) is 30.6 Å². The number of nitrogens with zero attached hydrogens (tertiary/aromatic N) is 5. The zero-order valence-corrected chi connectivity index (χ0v) is 18.3. The van der Waals surface area contributed by atoms with Crippen LogP contribution in [0.15, 0.2) is 61.3 Å². The fourth-order valence-corrected chi connectivity index (χ4v) is 3.16. The van der Waals surface area contributed by atoms with E-state index < -0.39 is 22.4 Å². The van der Waals surface area contributed by atoms with E-state index in [9.17, 15) is 28.1 Å². The van der Waals surface area contributed by atoms with Crippen molar-refractivity contribution >= 4 is 23.2 Å². The van der Waals surface area contributed by atoms with E-state index in [0.29, 0.717) is 24.5 Å². The maximum absolute atomic E-state index is 13.0. The summed E-state index contributed by atoms with van der Waals surface area (Å²) in [6.45, 7) is 0.650. The number of ketones is 1. The summed E-state index contributed by atoms with van der Waals surface area (Å²) in [5.74, 6) is 0.0960. The number of rotatable bonds is 9. The SMILES string of the molecule is O=C(c1cnc[nH]1)c1cnc(NCCNc2ccc([N+](=O)[O-])cn2)nc1-c1ccc(C(F)(F)F)cc1. The molecule has 0 radical (unpaired) electrons. The van der Waals surface area contributed by atoms with Crippen molar-refractivity contribution in [1.82, 2.24) is 24.9 Å². The Balaban J connectivity index is 1.52. The van der Waals surface area contributed by atoms with Crippen molar-refractivity contribution in [3.63, 3.8) is 0 Å². The van der Waals surface area contributed by atoms with Crippen molar-refractivity contribution in [2.75, 3.05) is 23.7 Å². The predicted octanol–water partition coefficient (Wildman–Crippen LogP) is 3.94. The number of aromatic amines is 1. The Morgan fingerprint density at radius 3 is 2.36 bits per heavy atom. The normalized spacial score (nSPS) is 11.2. The number of nitro groups is 1. The molecule has 11 nitrogen and oxygen atoms in total. The second-order valence-electron chi connectivity index (χ2n) is 7.34. The molecule has 3 heterocycles. The Kier molecular flexibility index (Phi) is 6.85. The molecule has 0 aliphatic carbocycles. The summed E-state index contributed by atoms with van der Waals surface area (Å²) in [7, 11) is 0. The molecule has 36 heavy (non-hydrogen) atoms. The van der Waals surface area contributed by atoms with Crippen LogP contribution in [0.5, 0.6) is 0 Å². The van der Waals surface area contributed by atoms with Crippen molar-refractivity contribution in [1.29, 1.82) is 0 Å². The van der Waals surface area contributed by atoms with Gasteiger partial charge in [-0.05, 0) is 18.2 Å². The number of hydrogen-bond acceptors (Lipinski definition) is 9. The van der Waals surface area contributed by atoms with Crippen LogP contribution in [0.2, 0.25) is 0 Å². The van der Waals surface area contributed by atoms with Gasteiger partial charge in [0, 0.05) is 30.9 Å². The van der Waals surface area contributed by atoms with E-state index in [0.717, 1.165) is 18.3 Å². The minimum atomic E-state index is -4.50. The summed E-state index contributed by atoms with van der Waals surface area (Å²) in [6, 6.07) is 7.08. The van der Waals surface area contributed by atoms with Crippen LogP contribution in [0.25, 0.3) is 11.3 Å². The number of hydrogen-bond donors (Lipinski definition) is 3. The Morgan fingerprint density at radius 1 is 1.00 bits per heavy atom. The molecule has 0 fully saturated rings. The molecule has 0 bridgehead atoms. The van der Waals surface area contributed by atoms with Crippen LogP contribution in [-0.2, 0) is 6.18 Å². The topological polar surface area (TPSA) is 152 Å². The summed E-state index contributed by atoms with van der Waals surface area (Å²) in [5.41, 5.74) is -0.265. The summed E-state index contributed by atoms with van der Waals surface area (Å²) in [5, 5.41) is 16.6. The highest BCUT2D eigenvalue weighted by molar-refractivity contribution is 6.11. The highest BCUT2D eigenvalue weighted by Gasteiger charge is 2.30. The van der Waals surface area contributed by atoms with Crippen molar-refractivity contribution in [2.24, 2.45) is 0 Å². The molecule has 0 aliphatic rings. The lowest BCUT2D eigenvalue weighted by atomic mass is 10.0. The molecule has 0 aliphatic heterocycles. The summed E-state index contributed by atoms with van der Waals surface area (Å²) in [6.07, 6.45) is 0.565. The van der Waals surface area contributed by atoms with E-state index in [2.05, 4.69) is 35.6 Å². The fourth-order valence-electron chi connectivity index (χ4n) is 3.16. The Labute approximate surface area is 201 Å². The molecule has 184 valence electrons. The monoisotopic (exact) mass is 498 g/mol. The van der Waals surface area contributed by atoms with Crippen LogP contribution >= 0.6 is 0 Å². The first-order valence-corrected chi connectivity index (χ1v) is 10.4. The Morgan fingerprint density at radius 2 is 1.75 bits per heavy atom. The number of aromatic nitrogens is 5. The molecule has 0 unspecified atom stereocenters. The second-order valence-corrected chi connectivity index (χ2v) is 7.34. The number of nitrogens with one attached hydrogen (secondary N) is 3. The van der Waals surface area contributed by atoms with Crippen LogP contribution in [0.1, 0.15) is 21.6 Å². The Bertz CT molecular complexity index is 1360. The molecule has 4 rings (SSSR count). The van der Waals surface area contributed by atoms with Crippen molar-refractivity contribution in [3.8, 4) is 11.3 Å². The highest BCUT2D eigenvalue weighted by atomic mass is 19.4. The average Bonchev–Trinajstić information content (AvgIpc) is 3.41. The third kappa shape index (κ3) is 5.60. The van der Waals surface area contributed by atoms with Crippen LogP contribution < -0.4 is 10.6 Å². The highest BCUT2D eigenvalue weighted by Crippen LogP contribution is 2.32. The number of pyridine rings is 1. The second kappa shape index (κ2) is 10.2. The van der Waals surface area contributed by atoms with E-state index in [4.69, 9.17) is 0 Å². The summed E-state index contributed by atoms with van der Waals surface area (Å²) < 4.78 is 39.0. The third-order valence-electron chi connectivity index (χ3n) is 4.93. The van der Waals surface area contributed by atoms with E-state index >= 15 is 0 Å². The van der Waals surface area contributed by atoms with Gasteiger partial charge in [0.2, 0.25) is 11.7 Å². The van der Waals surface area contributed by atoms with Crippen molar-refractivity contribution < 1.29 is 22.9 Å². The van der Waals surface area contributed by atoms with Gasteiger partial charge in [-0.3, -0.25) is 14.9 Å². The first-order chi connectivity index (χ1) is 17.2.